The lowest BCUT2D eigenvalue weighted by Crippen LogP contribution is -2.58. The number of benzene rings is 6. The van der Waals surface area contributed by atoms with Gasteiger partial charge in [0.2, 0.25) is 13.4 Å². The molecule has 0 nitrogen and oxygen atoms in total. The molecule has 0 aliphatic rings. The Balaban J connectivity index is 1.71. The van der Waals surface area contributed by atoms with E-state index in [-0.39, 0.29) is 13.4 Å². The zero-order valence-electron chi connectivity index (χ0n) is 32.4. The van der Waals surface area contributed by atoms with Crippen LogP contribution in [0.25, 0.3) is 11.1 Å². The molecule has 0 bridgehead atoms. The van der Waals surface area contributed by atoms with Crippen LogP contribution in [0.1, 0.15) is 66.8 Å². The number of rotatable bonds is 7. The average molecular weight is 651 g/mol. The van der Waals surface area contributed by atoms with Gasteiger partial charge in [0.15, 0.2) is 0 Å². The fourth-order valence-electron chi connectivity index (χ4n) is 9.48. The highest BCUT2D eigenvalue weighted by Gasteiger charge is 2.34. The summed E-state index contributed by atoms with van der Waals surface area (Å²) in [6.45, 7) is 27.5. The molecule has 6 aromatic carbocycles. The Morgan fingerprint density at radius 3 is 0.700 bits per heavy atom. The Kier molecular flexibility index (Phi) is 9.87. The Morgan fingerprint density at radius 1 is 0.280 bits per heavy atom. The zero-order valence-corrected chi connectivity index (χ0v) is 32.4. The lowest BCUT2D eigenvalue weighted by atomic mass is 9.32. The molecule has 0 saturated carbocycles. The topological polar surface area (TPSA) is 0 Å². The SMILES string of the molecule is Cc1cc(C)c(B(c2ccccc2-c2ccccc2B(c2c(C)cc(C)cc2C)c2c(C)cc(C)cc2C)c2c(C)cc(C)cc2C)c(C)c1. The van der Waals surface area contributed by atoms with Crippen LogP contribution in [0.4, 0.5) is 0 Å². The summed E-state index contributed by atoms with van der Waals surface area (Å²) in [4.78, 5) is 0. The van der Waals surface area contributed by atoms with Gasteiger partial charge in [0, 0.05) is 0 Å². The van der Waals surface area contributed by atoms with Gasteiger partial charge in [-0.15, -0.1) is 0 Å². The Hall–Kier alpha value is -4.55. The third-order valence-corrected chi connectivity index (χ3v) is 10.9. The standard InChI is InChI=1S/C48H52B2/c1-29-21-33(5)45(34(6)22-29)49(46-35(7)23-30(2)24-36(46)8)43-19-15-13-17-41(43)42-18-14-16-20-44(42)50(47-37(9)25-31(3)26-38(47)10)48-39(11)27-32(4)28-40(48)12/h13-28H,1-12H3. The van der Waals surface area contributed by atoms with Crippen molar-refractivity contribution >= 4 is 46.2 Å². The first kappa shape index (κ1) is 35.3. The van der Waals surface area contributed by atoms with Gasteiger partial charge in [0.1, 0.15) is 0 Å². The van der Waals surface area contributed by atoms with Gasteiger partial charge in [0.05, 0.1) is 0 Å². The molecule has 50 heavy (non-hydrogen) atoms. The van der Waals surface area contributed by atoms with Crippen LogP contribution in [0.5, 0.6) is 0 Å². The van der Waals surface area contributed by atoms with E-state index in [1.807, 2.05) is 0 Å². The van der Waals surface area contributed by atoms with Crippen molar-refractivity contribution in [1.82, 2.24) is 0 Å². The van der Waals surface area contributed by atoms with Crippen LogP contribution in [0.15, 0.2) is 97.1 Å². The lowest BCUT2D eigenvalue weighted by molar-refractivity contribution is 1.34. The Morgan fingerprint density at radius 2 is 0.480 bits per heavy atom. The molecule has 0 N–H and O–H groups in total. The number of aryl methyl sites for hydroxylation is 12. The van der Waals surface area contributed by atoms with Crippen molar-refractivity contribution in [3.05, 3.63) is 164 Å². The second-order valence-electron chi connectivity index (χ2n) is 15.3. The molecule has 6 rings (SSSR count). The third-order valence-electron chi connectivity index (χ3n) is 10.9. The molecule has 0 radical (unpaired) electrons. The van der Waals surface area contributed by atoms with Crippen LogP contribution >= 0.6 is 0 Å². The quantitative estimate of drug-likeness (QED) is 0.153. The molecule has 0 aliphatic carbocycles. The third kappa shape index (κ3) is 6.54. The maximum Gasteiger partial charge on any atom is 0.243 e. The highest BCUT2D eigenvalue weighted by atomic mass is 14.2. The first-order chi connectivity index (χ1) is 23.8. The van der Waals surface area contributed by atoms with Crippen molar-refractivity contribution < 1.29 is 0 Å². The molecule has 0 amide bonds. The van der Waals surface area contributed by atoms with Gasteiger partial charge in [-0.1, -0.05) is 197 Å². The molecule has 0 fully saturated rings. The van der Waals surface area contributed by atoms with Gasteiger partial charge in [-0.2, -0.15) is 0 Å². The van der Waals surface area contributed by atoms with E-state index in [9.17, 15) is 0 Å². The van der Waals surface area contributed by atoms with Crippen molar-refractivity contribution in [3.63, 3.8) is 0 Å². The monoisotopic (exact) mass is 650 g/mol. The lowest BCUT2D eigenvalue weighted by Gasteiger charge is -2.29. The van der Waals surface area contributed by atoms with Crippen LogP contribution in [0.2, 0.25) is 0 Å². The average Bonchev–Trinajstić information content (AvgIpc) is 3.01. The molecule has 0 aliphatic heterocycles. The molecule has 0 atom stereocenters. The summed E-state index contributed by atoms with van der Waals surface area (Å²) < 4.78 is 0. The minimum absolute atomic E-state index is 0.0876. The van der Waals surface area contributed by atoms with Gasteiger partial charge in [-0.25, -0.2) is 0 Å². The molecule has 0 spiro atoms. The summed E-state index contributed by atoms with van der Waals surface area (Å²) in [6, 6.07) is 37.4. The largest absolute Gasteiger partial charge is 0.243 e. The number of hydrogen-bond acceptors (Lipinski definition) is 0. The Bertz CT molecular complexity index is 1880. The first-order valence-electron chi connectivity index (χ1n) is 18.3. The van der Waals surface area contributed by atoms with E-state index in [1.165, 1.54) is 111 Å². The second kappa shape index (κ2) is 14.0. The highest BCUT2D eigenvalue weighted by Crippen LogP contribution is 2.22. The van der Waals surface area contributed by atoms with Gasteiger partial charge >= 0.3 is 0 Å². The molecule has 0 heterocycles. The second-order valence-corrected chi connectivity index (χ2v) is 15.3. The fraction of sp³-hybridized carbons (Fsp3) is 0.250. The van der Waals surface area contributed by atoms with E-state index >= 15 is 0 Å². The van der Waals surface area contributed by atoms with E-state index in [0.29, 0.717) is 0 Å². The van der Waals surface area contributed by atoms with E-state index < -0.39 is 0 Å². The van der Waals surface area contributed by atoms with Crippen LogP contribution in [-0.4, -0.2) is 13.4 Å². The van der Waals surface area contributed by atoms with Crippen molar-refractivity contribution in [3.8, 4) is 11.1 Å². The summed E-state index contributed by atoms with van der Waals surface area (Å²) in [7, 11) is 0. The number of hydrogen-bond donors (Lipinski definition) is 0. The van der Waals surface area contributed by atoms with E-state index in [1.54, 1.807) is 0 Å². The minimum Gasteiger partial charge on any atom is -0.0664 e. The van der Waals surface area contributed by atoms with Gasteiger partial charge < -0.3 is 0 Å². The molecule has 6 aromatic rings. The normalized spacial score (nSPS) is 11.2. The van der Waals surface area contributed by atoms with Crippen LogP contribution < -0.4 is 32.8 Å². The van der Waals surface area contributed by atoms with Crippen LogP contribution in [0.3, 0.4) is 0 Å². The molecule has 250 valence electrons. The van der Waals surface area contributed by atoms with Gasteiger partial charge in [-0.3, -0.25) is 0 Å². The van der Waals surface area contributed by atoms with Crippen molar-refractivity contribution in [2.75, 3.05) is 0 Å². The maximum absolute atomic E-state index is 2.40. The smallest absolute Gasteiger partial charge is 0.0664 e. The summed E-state index contributed by atoms with van der Waals surface area (Å²) >= 11 is 0. The van der Waals surface area contributed by atoms with Crippen molar-refractivity contribution in [2.45, 2.75) is 83.1 Å². The van der Waals surface area contributed by atoms with Gasteiger partial charge in [0.25, 0.3) is 0 Å². The van der Waals surface area contributed by atoms with Crippen molar-refractivity contribution in [2.24, 2.45) is 0 Å². The molecule has 0 unspecified atom stereocenters. The summed E-state index contributed by atoms with van der Waals surface area (Å²) in [5.74, 6) is 0. The first-order valence-corrected chi connectivity index (χ1v) is 18.3. The predicted octanol–water partition coefficient (Wildman–Crippen LogP) is 8.09. The fourth-order valence-corrected chi connectivity index (χ4v) is 9.48. The molecule has 2 heteroatoms. The molecule has 0 aromatic heterocycles. The van der Waals surface area contributed by atoms with E-state index in [4.69, 9.17) is 0 Å². The van der Waals surface area contributed by atoms with Crippen LogP contribution in [0, 0.1) is 83.1 Å². The Labute approximate surface area is 303 Å². The van der Waals surface area contributed by atoms with Crippen molar-refractivity contribution in [1.29, 1.82) is 0 Å². The van der Waals surface area contributed by atoms with E-state index in [2.05, 4.69) is 180 Å². The summed E-state index contributed by atoms with van der Waals surface area (Å²) in [5, 5.41) is 0. The molecule has 0 saturated heterocycles. The minimum atomic E-state index is 0.0876. The highest BCUT2D eigenvalue weighted by molar-refractivity contribution is 6.99. The predicted molar refractivity (Wildman–Crippen MR) is 224 cm³/mol. The molecular formula is C48H52B2. The maximum atomic E-state index is 2.40. The summed E-state index contributed by atoms with van der Waals surface area (Å²) in [5.41, 5.74) is 27.1. The van der Waals surface area contributed by atoms with E-state index in [0.717, 1.165) is 0 Å². The zero-order chi connectivity index (χ0) is 36.0. The molecular weight excluding hydrogens is 598 g/mol. The van der Waals surface area contributed by atoms with Crippen LogP contribution in [-0.2, 0) is 0 Å². The summed E-state index contributed by atoms with van der Waals surface area (Å²) in [6.07, 6.45) is 0. The van der Waals surface area contributed by atoms with Gasteiger partial charge in [-0.05, 0) is 94.2 Å².